The number of anilines is 1. The zero-order valence-corrected chi connectivity index (χ0v) is 12.9. The molecule has 0 aliphatic rings. The number of nitrogens with zero attached hydrogens (tertiary/aromatic N) is 1. The van der Waals surface area contributed by atoms with Gasteiger partial charge in [-0.3, -0.25) is 4.79 Å². The number of benzene rings is 1. The van der Waals surface area contributed by atoms with Crippen LogP contribution in [0.25, 0.3) is 0 Å². The van der Waals surface area contributed by atoms with E-state index < -0.39 is 0 Å². The van der Waals surface area contributed by atoms with Crippen LogP contribution in [0.1, 0.15) is 22.5 Å². The molecular formula is C15H18N2O2S. The molecule has 0 saturated carbocycles. The van der Waals surface area contributed by atoms with Gasteiger partial charge in [0.15, 0.2) is 5.82 Å². The highest BCUT2D eigenvalue weighted by atomic mass is 32.2. The molecule has 1 aromatic carbocycles. The molecule has 1 amide bonds. The summed E-state index contributed by atoms with van der Waals surface area (Å²) in [6.07, 6.45) is 0. The van der Waals surface area contributed by atoms with E-state index >= 15 is 0 Å². The lowest BCUT2D eigenvalue weighted by Gasteiger charge is -2.10. The van der Waals surface area contributed by atoms with Crippen molar-refractivity contribution in [2.45, 2.75) is 32.6 Å². The van der Waals surface area contributed by atoms with Crippen LogP contribution in [0, 0.1) is 27.7 Å². The van der Waals surface area contributed by atoms with Crippen molar-refractivity contribution < 1.29 is 9.32 Å². The van der Waals surface area contributed by atoms with Gasteiger partial charge < -0.3 is 9.84 Å². The second-order valence-electron chi connectivity index (χ2n) is 4.89. The number of hydrogen-bond acceptors (Lipinski definition) is 4. The highest BCUT2D eigenvalue weighted by molar-refractivity contribution is 8.00. The Bertz CT molecular complexity index is 612. The first kappa shape index (κ1) is 14.7. The van der Waals surface area contributed by atoms with E-state index in [1.807, 2.05) is 0 Å². The van der Waals surface area contributed by atoms with Gasteiger partial charge >= 0.3 is 0 Å². The van der Waals surface area contributed by atoms with Crippen molar-refractivity contribution in [3.63, 3.8) is 0 Å². The fraction of sp³-hybridized carbons (Fsp3) is 0.333. The summed E-state index contributed by atoms with van der Waals surface area (Å²) in [4.78, 5) is 13.0. The number of aryl methyl sites for hydroxylation is 4. The molecule has 0 saturated heterocycles. The van der Waals surface area contributed by atoms with E-state index in [0.717, 1.165) is 0 Å². The summed E-state index contributed by atoms with van der Waals surface area (Å²) in [5, 5.41) is 6.46. The van der Waals surface area contributed by atoms with Crippen molar-refractivity contribution >= 4 is 23.5 Å². The van der Waals surface area contributed by atoms with E-state index in [0.29, 0.717) is 17.3 Å². The van der Waals surface area contributed by atoms with Gasteiger partial charge in [-0.05, 0) is 38.8 Å². The van der Waals surface area contributed by atoms with Crippen LogP contribution in [0.5, 0.6) is 0 Å². The molecule has 0 bridgehead atoms. The number of amides is 1. The Labute approximate surface area is 122 Å². The molecule has 20 heavy (non-hydrogen) atoms. The van der Waals surface area contributed by atoms with Crippen LogP contribution in [0.15, 0.2) is 27.6 Å². The van der Waals surface area contributed by atoms with Gasteiger partial charge in [0.2, 0.25) is 5.91 Å². The summed E-state index contributed by atoms with van der Waals surface area (Å²) in [6.45, 7) is 8.01. The molecule has 2 rings (SSSR count). The summed E-state index contributed by atoms with van der Waals surface area (Å²) in [7, 11) is 0. The molecule has 0 aliphatic heterocycles. The van der Waals surface area contributed by atoms with Gasteiger partial charge in [-0.25, -0.2) is 0 Å². The van der Waals surface area contributed by atoms with Crippen molar-refractivity contribution in [3.05, 3.63) is 40.6 Å². The van der Waals surface area contributed by atoms with E-state index in [4.69, 9.17) is 4.52 Å². The molecule has 106 valence electrons. The van der Waals surface area contributed by atoms with Crippen LogP contribution in [-0.4, -0.2) is 16.8 Å². The summed E-state index contributed by atoms with van der Waals surface area (Å²) in [6, 6.07) is 5.97. The maximum absolute atomic E-state index is 11.9. The Morgan fingerprint density at radius 1 is 1.20 bits per heavy atom. The Morgan fingerprint density at radius 3 is 2.40 bits per heavy atom. The van der Waals surface area contributed by atoms with Crippen molar-refractivity contribution in [1.29, 1.82) is 0 Å². The average Bonchev–Trinajstić information content (AvgIpc) is 2.73. The zero-order valence-electron chi connectivity index (χ0n) is 12.1. The molecular weight excluding hydrogens is 272 g/mol. The molecule has 0 atom stereocenters. The van der Waals surface area contributed by atoms with Gasteiger partial charge in [0.1, 0.15) is 5.76 Å². The van der Waals surface area contributed by atoms with Crippen LogP contribution in [0.3, 0.4) is 0 Å². The van der Waals surface area contributed by atoms with Gasteiger partial charge in [-0.15, -0.1) is 11.8 Å². The van der Waals surface area contributed by atoms with E-state index in [1.54, 1.807) is 24.8 Å². The van der Waals surface area contributed by atoms with Gasteiger partial charge in [0, 0.05) is 11.0 Å². The molecule has 0 unspecified atom stereocenters. The lowest BCUT2D eigenvalue weighted by Crippen LogP contribution is -2.14. The fourth-order valence-corrected chi connectivity index (χ4v) is 3.06. The standard InChI is InChI=1S/C15H18N2O2S/c1-9-5-10(2)15(11(3)6-9)20-8-14(18)16-13-7-12(4)19-17-13/h5-7H,8H2,1-4H3,(H,16,17,18). The minimum Gasteiger partial charge on any atom is -0.360 e. The summed E-state index contributed by atoms with van der Waals surface area (Å²) < 4.78 is 4.91. The van der Waals surface area contributed by atoms with Gasteiger partial charge in [-0.2, -0.15) is 0 Å². The number of thioether (sulfide) groups is 1. The van der Waals surface area contributed by atoms with E-state index in [1.165, 1.54) is 21.6 Å². The maximum Gasteiger partial charge on any atom is 0.235 e. The number of aromatic nitrogens is 1. The zero-order chi connectivity index (χ0) is 14.7. The van der Waals surface area contributed by atoms with Crippen molar-refractivity contribution in [2.75, 3.05) is 11.1 Å². The third-order valence-corrected chi connectivity index (χ3v) is 4.19. The number of nitrogens with one attached hydrogen (secondary N) is 1. The molecule has 0 fully saturated rings. The molecule has 1 N–H and O–H groups in total. The minimum atomic E-state index is -0.0809. The molecule has 5 heteroatoms. The topological polar surface area (TPSA) is 55.1 Å². The number of carbonyl (C=O) groups excluding carboxylic acids is 1. The molecule has 1 aromatic heterocycles. The van der Waals surface area contributed by atoms with Crippen molar-refractivity contribution in [3.8, 4) is 0 Å². The van der Waals surface area contributed by atoms with Crippen LogP contribution in [-0.2, 0) is 4.79 Å². The van der Waals surface area contributed by atoms with Gasteiger partial charge in [-0.1, -0.05) is 22.9 Å². The smallest absolute Gasteiger partial charge is 0.235 e. The molecule has 0 radical (unpaired) electrons. The van der Waals surface area contributed by atoms with Gasteiger partial charge in [0.05, 0.1) is 5.75 Å². The summed E-state index contributed by atoms with van der Waals surface area (Å²) in [5.74, 6) is 1.42. The number of carbonyl (C=O) groups is 1. The van der Waals surface area contributed by atoms with E-state index in [2.05, 4.69) is 43.4 Å². The molecule has 1 heterocycles. The second kappa shape index (κ2) is 6.13. The second-order valence-corrected chi connectivity index (χ2v) is 5.87. The third kappa shape index (κ3) is 3.63. The number of hydrogen-bond donors (Lipinski definition) is 1. The monoisotopic (exact) mass is 290 g/mol. The highest BCUT2D eigenvalue weighted by Crippen LogP contribution is 2.27. The molecule has 4 nitrogen and oxygen atoms in total. The lowest BCUT2D eigenvalue weighted by atomic mass is 10.1. The first-order valence-electron chi connectivity index (χ1n) is 6.39. The molecule has 0 spiro atoms. The minimum absolute atomic E-state index is 0.0809. The van der Waals surface area contributed by atoms with E-state index in [-0.39, 0.29) is 5.91 Å². The van der Waals surface area contributed by atoms with E-state index in [9.17, 15) is 4.79 Å². The quantitative estimate of drug-likeness (QED) is 0.873. The molecule has 0 aliphatic carbocycles. The summed E-state index contributed by atoms with van der Waals surface area (Å²) >= 11 is 1.55. The van der Waals surface area contributed by atoms with Crippen molar-refractivity contribution in [2.24, 2.45) is 0 Å². The normalized spacial score (nSPS) is 10.6. The Hall–Kier alpha value is -1.75. The van der Waals surface area contributed by atoms with Crippen LogP contribution >= 0.6 is 11.8 Å². The van der Waals surface area contributed by atoms with Crippen LogP contribution in [0.2, 0.25) is 0 Å². The first-order chi connectivity index (χ1) is 9.45. The SMILES string of the molecule is Cc1cc(C)c(SCC(=O)Nc2cc(C)on2)c(C)c1. The predicted molar refractivity (Wildman–Crippen MR) is 81.2 cm³/mol. The number of rotatable bonds is 4. The third-order valence-electron chi connectivity index (χ3n) is 2.85. The predicted octanol–water partition coefficient (Wildman–Crippen LogP) is 3.64. The largest absolute Gasteiger partial charge is 0.360 e. The molecule has 2 aromatic rings. The van der Waals surface area contributed by atoms with Crippen LogP contribution < -0.4 is 5.32 Å². The average molecular weight is 290 g/mol. The maximum atomic E-state index is 11.9. The Balaban J connectivity index is 1.97. The lowest BCUT2D eigenvalue weighted by molar-refractivity contribution is -0.113. The summed E-state index contributed by atoms with van der Waals surface area (Å²) in [5.41, 5.74) is 3.65. The Kier molecular flexibility index (Phi) is 4.49. The van der Waals surface area contributed by atoms with Gasteiger partial charge in [0.25, 0.3) is 0 Å². The first-order valence-corrected chi connectivity index (χ1v) is 7.38. The fourth-order valence-electron chi connectivity index (χ4n) is 2.14. The van der Waals surface area contributed by atoms with Crippen molar-refractivity contribution in [1.82, 2.24) is 5.16 Å². The van der Waals surface area contributed by atoms with Crippen LogP contribution in [0.4, 0.5) is 5.82 Å². The Morgan fingerprint density at radius 2 is 1.85 bits per heavy atom. The highest BCUT2D eigenvalue weighted by Gasteiger charge is 2.10.